The zero-order chi connectivity index (χ0) is 23.3. The molecule has 0 unspecified atom stereocenters. The molecule has 0 fully saturated rings. The number of hydrogen-bond donors (Lipinski definition) is 1. The number of amides is 1. The third kappa shape index (κ3) is 5.30. The Balaban J connectivity index is 1.36. The molecule has 168 valence electrons. The smallest absolute Gasteiger partial charge is 0.264 e. The summed E-state index contributed by atoms with van der Waals surface area (Å²) in [7, 11) is -2.21. The molecule has 1 amide bonds. The number of rotatable bonds is 8. The van der Waals surface area contributed by atoms with Gasteiger partial charge in [0.25, 0.3) is 15.9 Å². The Kier molecular flexibility index (Phi) is 6.55. The largest absolute Gasteiger partial charge is 0.348 e. The molecule has 0 aliphatic carbocycles. The van der Waals surface area contributed by atoms with Gasteiger partial charge in [-0.15, -0.1) is 0 Å². The van der Waals surface area contributed by atoms with E-state index in [0.29, 0.717) is 24.3 Å². The number of anilines is 1. The summed E-state index contributed by atoms with van der Waals surface area (Å²) in [6, 6.07) is 24.6. The standard InChI is InChI=1S/C25H24N4O3S/c1-28(23-6-3-2-4-7-23)33(31,32)24-14-12-22(13-15-24)25(30)26-18-20-8-10-21(11-9-20)19-29-17-5-16-27-29/h2-17H,18-19H2,1H3,(H,26,30). The Bertz CT molecular complexity index is 1300. The van der Waals surface area contributed by atoms with E-state index in [0.717, 1.165) is 11.1 Å². The first-order valence-corrected chi connectivity index (χ1v) is 11.8. The number of sulfonamides is 1. The molecule has 4 rings (SSSR count). The van der Waals surface area contributed by atoms with E-state index in [9.17, 15) is 13.2 Å². The van der Waals surface area contributed by atoms with Crippen LogP contribution in [0.4, 0.5) is 5.69 Å². The number of hydrogen-bond acceptors (Lipinski definition) is 4. The normalized spacial score (nSPS) is 11.2. The molecule has 33 heavy (non-hydrogen) atoms. The molecule has 0 spiro atoms. The first-order valence-electron chi connectivity index (χ1n) is 10.4. The van der Waals surface area contributed by atoms with Crippen LogP contribution >= 0.6 is 0 Å². The van der Waals surface area contributed by atoms with Gasteiger partial charge in [-0.1, -0.05) is 42.5 Å². The fourth-order valence-corrected chi connectivity index (χ4v) is 4.54. The molecular formula is C25H24N4O3S. The van der Waals surface area contributed by atoms with E-state index in [1.807, 2.05) is 47.3 Å². The van der Waals surface area contributed by atoms with Crippen LogP contribution in [-0.2, 0) is 23.1 Å². The van der Waals surface area contributed by atoms with Crippen LogP contribution in [0.3, 0.4) is 0 Å². The highest BCUT2D eigenvalue weighted by molar-refractivity contribution is 7.92. The second-order valence-corrected chi connectivity index (χ2v) is 9.50. The van der Waals surface area contributed by atoms with Crippen LogP contribution in [0, 0.1) is 0 Å². The van der Waals surface area contributed by atoms with Gasteiger partial charge in [0.05, 0.1) is 17.1 Å². The van der Waals surface area contributed by atoms with Crippen molar-refractivity contribution in [2.24, 2.45) is 0 Å². The lowest BCUT2D eigenvalue weighted by Gasteiger charge is -2.19. The highest BCUT2D eigenvalue weighted by atomic mass is 32.2. The summed E-state index contributed by atoms with van der Waals surface area (Å²) in [6.07, 6.45) is 3.65. The maximum absolute atomic E-state index is 12.9. The lowest BCUT2D eigenvalue weighted by atomic mass is 10.1. The molecule has 0 saturated carbocycles. The SMILES string of the molecule is CN(c1ccccc1)S(=O)(=O)c1ccc(C(=O)NCc2ccc(Cn3cccn3)cc2)cc1. The third-order valence-electron chi connectivity index (χ3n) is 5.27. The molecule has 1 aromatic heterocycles. The first-order chi connectivity index (χ1) is 15.9. The molecule has 0 aliphatic rings. The summed E-state index contributed by atoms with van der Waals surface area (Å²) in [5, 5.41) is 7.06. The van der Waals surface area contributed by atoms with E-state index in [4.69, 9.17) is 0 Å². The van der Waals surface area contributed by atoms with Crippen molar-refractivity contribution in [1.82, 2.24) is 15.1 Å². The molecule has 8 heteroatoms. The molecular weight excluding hydrogens is 436 g/mol. The Morgan fingerprint density at radius 2 is 1.58 bits per heavy atom. The second-order valence-electron chi connectivity index (χ2n) is 7.54. The van der Waals surface area contributed by atoms with Gasteiger partial charge >= 0.3 is 0 Å². The minimum atomic E-state index is -3.72. The van der Waals surface area contributed by atoms with Crippen molar-refractivity contribution in [2.45, 2.75) is 18.0 Å². The summed E-state index contributed by atoms with van der Waals surface area (Å²) in [5.41, 5.74) is 3.05. The summed E-state index contributed by atoms with van der Waals surface area (Å²) in [6.45, 7) is 1.06. The maximum atomic E-state index is 12.9. The van der Waals surface area contributed by atoms with Crippen LogP contribution in [0.15, 0.2) is 102 Å². The van der Waals surface area contributed by atoms with E-state index in [2.05, 4.69) is 10.4 Å². The lowest BCUT2D eigenvalue weighted by molar-refractivity contribution is 0.0951. The molecule has 4 aromatic rings. The van der Waals surface area contributed by atoms with Gasteiger partial charge in [-0.05, 0) is 53.6 Å². The summed E-state index contributed by atoms with van der Waals surface area (Å²) in [4.78, 5) is 12.7. The van der Waals surface area contributed by atoms with Crippen LogP contribution in [0.5, 0.6) is 0 Å². The Hall–Kier alpha value is -3.91. The number of carbonyl (C=O) groups is 1. The van der Waals surface area contributed by atoms with E-state index in [1.54, 1.807) is 30.5 Å². The van der Waals surface area contributed by atoms with Gasteiger partial charge in [0.15, 0.2) is 0 Å². The minimum Gasteiger partial charge on any atom is -0.348 e. The number of nitrogens with zero attached hydrogens (tertiary/aromatic N) is 3. The van der Waals surface area contributed by atoms with Gasteiger partial charge in [-0.3, -0.25) is 13.8 Å². The van der Waals surface area contributed by atoms with Gasteiger partial charge in [0, 0.05) is 31.5 Å². The van der Waals surface area contributed by atoms with Gasteiger partial charge in [0.2, 0.25) is 0 Å². The molecule has 7 nitrogen and oxygen atoms in total. The summed E-state index contributed by atoms with van der Waals surface area (Å²) in [5.74, 6) is -0.268. The number of benzene rings is 3. The fourth-order valence-electron chi connectivity index (χ4n) is 3.34. The summed E-state index contributed by atoms with van der Waals surface area (Å²) < 4.78 is 28.8. The zero-order valence-electron chi connectivity index (χ0n) is 18.1. The van der Waals surface area contributed by atoms with E-state index in [-0.39, 0.29) is 10.8 Å². The highest BCUT2D eigenvalue weighted by Gasteiger charge is 2.21. The molecule has 0 radical (unpaired) electrons. The molecule has 0 aliphatic heterocycles. The molecule has 1 N–H and O–H groups in total. The maximum Gasteiger partial charge on any atom is 0.264 e. The Labute approximate surface area is 193 Å². The van der Waals surface area contributed by atoms with Crippen LogP contribution in [0.1, 0.15) is 21.5 Å². The lowest BCUT2D eigenvalue weighted by Crippen LogP contribution is -2.27. The third-order valence-corrected chi connectivity index (χ3v) is 7.07. The van der Waals surface area contributed by atoms with Crippen molar-refractivity contribution >= 4 is 21.6 Å². The van der Waals surface area contributed by atoms with Crippen LogP contribution < -0.4 is 9.62 Å². The Morgan fingerprint density at radius 1 is 0.909 bits per heavy atom. The monoisotopic (exact) mass is 460 g/mol. The molecule has 3 aromatic carbocycles. The zero-order valence-corrected chi connectivity index (χ0v) is 18.9. The molecule has 0 saturated heterocycles. The van der Waals surface area contributed by atoms with Crippen LogP contribution in [0.25, 0.3) is 0 Å². The fraction of sp³-hybridized carbons (Fsp3) is 0.120. The number of para-hydroxylation sites is 1. The number of carbonyl (C=O) groups excluding carboxylic acids is 1. The van der Waals surface area contributed by atoms with Crippen molar-refractivity contribution in [3.05, 3.63) is 114 Å². The first kappa shape index (κ1) is 22.3. The predicted molar refractivity (Wildman–Crippen MR) is 127 cm³/mol. The van der Waals surface area contributed by atoms with Crippen molar-refractivity contribution < 1.29 is 13.2 Å². The number of aromatic nitrogens is 2. The van der Waals surface area contributed by atoms with Crippen molar-refractivity contribution in [3.63, 3.8) is 0 Å². The average molecular weight is 461 g/mol. The highest BCUT2D eigenvalue weighted by Crippen LogP contribution is 2.22. The van der Waals surface area contributed by atoms with Crippen molar-refractivity contribution in [1.29, 1.82) is 0 Å². The van der Waals surface area contributed by atoms with Gasteiger partial charge in [0.1, 0.15) is 0 Å². The molecule has 0 atom stereocenters. The van der Waals surface area contributed by atoms with E-state index >= 15 is 0 Å². The number of nitrogens with one attached hydrogen (secondary N) is 1. The van der Waals surface area contributed by atoms with Gasteiger partial charge < -0.3 is 5.32 Å². The van der Waals surface area contributed by atoms with E-state index < -0.39 is 10.0 Å². The van der Waals surface area contributed by atoms with Crippen molar-refractivity contribution in [2.75, 3.05) is 11.4 Å². The minimum absolute atomic E-state index is 0.123. The second kappa shape index (κ2) is 9.70. The van der Waals surface area contributed by atoms with Crippen LogP contribution in [0.2, 0.25) is 0 Å². The quantitative estimate of drug-likeness (QED) is 0.435. The van der Waals surface area contributed by atoms with Gasteiger partial charge in [-0.25, -0.2) is 8.42 Å². The predicted octanol–water partition coefficient (Wildman–Crippen LogP) is 3.69. The molecule has 0 bridgehead atoms. The average Bonchev–Trinajstić information content (AvgIpc) is 3.36. The topological polar surface area (TPSA) is 84.3 Å². The molecule has 1 heterocycles. The summed E-state index contributed by atoms with van der Waals surface area (Å²) >= 11 is 0. The van der Waals surface area contributed by atoms with Crippen molar-refractivity contribution in [3.8, 4) is 0 Å². The van der Waals surface area contributed by atoms with E-state index in [1.165, 1.54) is 35.6 Å². The van der Waals surface area contributed by atoms with Crippen LogP contribution in [-0.4, -0.2) is 31.2 Å². The van der Waals surface area contributed by atoms with Gasteiger partial charge in [-0.2, -0.15) is 5.10 Å². The Morgan fingerprint density at radius 3 is 2.21 bits per heavy atom.